The Morgan fingerprint density at radius 3 is 2.14 bits per heavy atom. The van der Waals surface area contributed by atoms with Crippen molar-refractivity contribution in [1.29, 1.82) is 0 Å². The van der Waals surface area contributed by atoms with E-state index in [2.05, 4.69) is 11.9 Å². The van der Waals surface area contributed by atoms with Crippen LogP contribution in [0.2, 0.25) is 0 Å². The van der Waals surface area contributed by atoms with Gasteiger partial charge in [-0.15, -0.1) is 0 Å². The van der Waals surface area contributed by atoms with E-state index in [4.69, 9.17) is 4.74 Å². The number of ether oxygens (including phenoxy) is 1. The third-order valence-corrected chi connectivity index (χ3v) is 3.77. The Morgan fingerprint density at radius 1 is 0.955 bits per heavy atom. The molecule has 0 saturated heterocycles. The Labute approximate surface area is 129 Å². The van der Waals surface area contributed by atoms with Crippen molar-refractivity contribution in [3.05, 3.63) is 54.1 Å². The predicted molar refractivity (Wildman–Crippen MR) is 89.1 cm³/mol. The molecule has 3 heteroatoms. The van der Waals surface area contributed by atoms with Crippen LogP contribution in [-0.4, -0.2) is 17.6 Å². The molecule has 1 heterocycles. The molecule has 0 amide bonds. The molecule has 0 bridgehead atoms. The SMILES string of the molecule is CCCCCOC(=O)c1c2ccccc2nc2ccccc12. The normalized spacial score (nSPS) is 11.0. The maximum absolute atomic E-state index is 12.6. The lowest BCUT2D eigenvalue weighted by Crippen LogP contribution is -2.08. The molecule has 0 aliphatic carbocycles. The predicted octanol–water partition coefficient (Wildman–Crippen LogP) is 4.74. The van der Waals surface area contributed by atoms with Crippen LogP contribution in [0.1, 0.15) is 36.5 Å². The Balaban J connectivity index is 2.06. The highest BCUT2D eigenvalue weighted by molar-refractivity contribution is 6.14. The molecule has 0 aliphatic heterocycles. The fraction of sp³-hybridized carbons (Fsp3) is 0.263. The molecule has 0 aliphatic rings. The molecule has 0 atom stereocenters. The zero-order valence-corrected chi connectivity index (χ0v) is 12.7. The number of nitrogens with zero attached hydrogens (tertiary/aromatic N) is 1. The number of pyridine rings is 1. The zero-order chi connectivity index (χ0) is 15.4. The van der Waals surface area contributed by atoms with Gasteiger partial charge in [-0.05, 0) is 18.6 Å². The van der Waals surface area contributed by atoms with Gasteiger partial charge in [0.05, 0.1) is 23.2 Å². The van der Waals surface area contributed by atoms with Crippen molar-refractivity contribution in [3.8, 4) is 0 Å². The molecule has 3 rings (SSSR count). The first kappa shape index (κ1) is 14.5. The van der Waals surface area contributed by atoms with Crippen molar-refractivity contribution in [1.82, 2.24) is 4.98 Å². The van der Waals surface area contributed by atoms with Crippen molar-refractivity contribution in [2.24, 2.45) is 0 Å². The number of aromatic nitrogens is 1. The summed E-state index contributed by atoms with van der Waals surface area (Å²) in [6.45, 7) is 2.60. The van der Waals surface area contributed by atoms with Crippen LogP contribution in [0.4, 0.5) is 0 Å². The molecule has 3 aromatic rings. The van der Waals surface area contributed by atoms with Crippen LogP contribution in [0.5, 0.6) is 0 Å². The Morgan fingerprint density at radius 2 is 1.55 bits per heavy atom. The van der Waals surface area contributed by atoms with Gasteiger partial charge in [0.25, 0.3) is 0 Å². The molecule has 0 unspecified atom stereocenters. The number of unbranched alkanes of at least 4 members (excludes halogenated alkanes) is 2. The summed E-state index contributed by atoms with van der Waals surface area (Å²) in [5.41, 5.74) is 2.26. The first-order valence-electron chi connectivity index (χ1n) is 7.76. The third-order valence-electron chi connectivity index (χ3n) is 3.77. The summed E-state index contributed by atoms with van der Waals surface area (Å²) in [5, 5.41) is 1.70. The van der Waals surface area contributed by atoms with Crippen molar-refractivity contribution in [2.45, 2.75) is 26.2 Å². The Kier molecular flexibility index (Phi) is 4.33. The largest absolute Gasteiger partial charge is 0.462 e. The second-order valence-corrected chi connectivity index (χ2v) is 5.36. The van der Waals surface area contributed by atoms with Gasteiger partial charge in [-0.1, -0.05) is 56.2 Å². The van der Waals surface area contributed by atoms with Crippen LogP contribution in [0.15, 0.2) is 48.5 Å². The standard InChI is InChI=1S/C19H19NO2/c1-2-3-8-13-22-19(21)18-14-9-4-6-11-16(14)20-17-12-7-5-10-15(17)18/h4-7,9-12H,2-3,8,13H2,1H3. The summed E-state index contributed by atoms with van der Waals surface area (Å²) in [5.74, 6) is -0.258. The van der Waals surface area contributed by atoms with E-state index in [1.807, 2.05) is 48.5 Å². The molecular weight excluding hydrogens is 274 g/mol. The molecular formula is C19H19NO2. The number of carbonyl (C=O) groups is 1. The first-order valence-corrected chi connectivity index (χ1v) is 7.76. The van der Waals surface area contributed by atoms with E-state index in [1.54, 1.807) is 0 Å². The van der Waals surface area contributed by atoms with Gasteiger partial charge in [-0.25, -0.2) is 9.78 Å². The number of fused-ring (bicyclic) bond motifs is 2. The van der Waals surface area contributed by atoms with Crippen LogP contribution < -0.4 is 0 Å². The number of para-hydroxylation sites is 2. The topological polar surface area (TPSA) is 39.2 Å². The Hall–Kier alpha value is -2.42. The minimum Gasteiger partial charge on any atom is -0.462 e. The number of benzene rings is 2. The number of hydrogen-bond acceptors (Lipinski definition) is 3. The average molecular weight is 293 g/mol. The van der Waals surface area contributed by atoms with Gasteiger partial charge in [0.2, 0.25) is 0 Å². The molecule has 2 aromatic carbocycles. The average Bonchev–Trinajstić information content (AvgIpc) is 2.56. The molecule has 3 nitrogen and oxygen atoms in total. The van der Waals surface area contributed by atoms with Crippen LogP contribution in [-0.2, 0) is 4.74 Å². The molecule has 0 fully saturated rings. The summed E-state index contributed by atoms with van der Waals surface area (Å²) in [6, 6.07) is 15.4. The van der Waals surface area contributed by atoms with Crippen molar-refractivity contribution in [2.75, 3.05) is 6.61 Å². The molecule has 0 saturated carbocycles. The summed E-state index contributed by atoms with van der Waals surface area (Å²) in [7, 11) is 0. The number of carbonyl (C=O) groups excluding carboxylic acids is 1. The first-order chi connectivity index (χ1) is 10.8. The minimum atomic E-state index is -0.258. The summed E-state index contributed by atoms with van der Waals surface area (Å²) in [6.07, 6.45) is 3.09. The Bertz CT molecular complexity index is 757. The van der Waals surface area contributed by atoms with E-state index in [-0.39, 0.29) is 5.97 Å². The fourth-order valence-corrected chi connectivity index (χ4v) is 2.65. The van der Waals surface area contributed by atoms with E-state index in [1.165, 1.54) is 0 Å². The van der Waals surface area contributed by atoms with Gasteiger partial charge in [0, 0.05) is 10.8 Å². The maximum Gasteiger partial charge on any atom is 0.339 e. The summed E-state index contributed by atoms with van der Waals surface area (Å²) >= 11 is 0. The van der Waals surface area contributed by atoms with Crippen molar-refractivity contribution >= 4 is 27.8 Å². The van der Waals surface area contributed by atoms with Gasteiger partial charge >= 0.3 is 5.97 Å². The van der Waals surface area contributed by atoms with E-state index in [0.717, 1.165) is 41.1 Å². The van der Waals surface area contributed by atoms with Crippen LogP contribution in [0.3, 0.4) is 0 Å². The van der Waals surface area contributed by atoms with Gasteiger partial charge in [0.1, 0.15) is 0 Å². The monoisotopic (exact) mass is 293 g/mol. The lowest BCUT2D eigenvalue weighted by atomic mass is 10.0. The van der Waals surface area contributed by atoms with E-state index >= 15 is 0 Å². The smallest absolute Gasteiger partial charge is 0.339 e. The summed E-state index contributed by atoms with van der Waals surface area (Å²) < 4.78 is 5.48. The molecule has 0 spiro atoms. The highest BCUT2D eigenvalue weighted by atomic mass is 16.5. The van der Waals surface area contributed by atoms with Crippen molar-refractivity contribution in [3.63, 3.8) is 0 Å². The molecule has 0 N–H and O–H groups in total. The van der Waals surface area contributed by atoms with Gasteiger partial charge in [-0.2, -0.15) is 0 Å². The van der Waals surface area contributed by atoms with Crippen LogP contribution in [0.25, 0.3) is 21.8 Å². The van der Waals surface area contributed by atoms with Gasteiger partial charge in [-0.3, -0.25) is 0 Å². The highest BCUT2D eigenvalue weighted by Gasteiger charge is 2.16. The molecule has 112 valence electrons. The van der Waals surface area contributed by atoms with E-state index in [0.29, 0.717) is 12.2 Å². The second kappa shape index (κ2) is 6.56. The second-order valence-electron chi connectivity index (χ2n) is 5.36. The number of hydrogen-bond donors (Lipinski definition) is 0. The van der Waals surface area contributed by atoms with Gasteiger partial charge < -0.3 is 4.74 Å². The van der Waals surface area contributed by atoms with Crippen molar-refractivity contribution < 1.29 is 9.53 Å². The lowest BCUT2D eigenvalue weighted by Gasteiger charge is -2.10. The van der Waals surface area contributed by atoms with Crippen LogP contribution >= 0.6 is 0 Å². The van der Waals surface area contributed by atoms with E-state index in [9.17, 15) is 4.79 Å². The molecule has 0 radical (unpaired) electrons. The number of esters is 1. The van der Waals surface area contributed by atoms with E-state index < -0.39 is 0 Å². The fourth-order valence-electron chi connectivity index (χ4n) is 2.65. The summed E-state index contributed by atoms with van der Waals surface area (Å²) in [4.78, 5) is 17.2. The third kappa shape index (κ3) is 2.80. The maximum atomic E-state index is 12.6. The zero-order valence-electron chi connectivity index (χ0n) is 12.7. The molecule has 1 aromatic heterocycles. The molecule has 22 heavy (non-hydrogen) atoms. The number of rotatable bonds is 5. The highest BCUT2D eigenvalue weighted by Crippen LogP contribution is 2.26. The quantitative estimate of drug-likeness (QED) is 0.387. The minimum absolute atomic E-state index is 0.258. The van der Waals surface area contributed by atoms with Crippen LogP contribution in [0, 0.1) is 0 Å². The van der Waals surface area contributed by atoms with Gasteiger partial charge in [0.15, 0.2) is 0 Å². The lowest BCUT2D eigenvalue weighted by molar-refractivity contribution is 0.0502.